The molecule has 5 rings (SSSR count). The molecule has 8 nitrogen and oxygen atoms in total. The summed E-state index contributed by atoms with van der Waals surface area (Å²) in [5.41, 5.74) is 2.09. The molecule has 43 heavy (non-hydrogen) atoms. The molecule has 11 heteroatoms. The molecular formula is C32H28BrClN2O6S. The van der Waals surface area contributed by atoms with Crippen LogP contribution >= 0.6 is 38.9 Å². The molecule has 0 saturated heterocycles. The van der Waals surface area contributed by atoms with Gasteiger partial charge < -0.3 is 18.9 Å². The highest BCUT2D eigenvalue weighted by molar-refractivity contribution is 9.10. The van der Waals surface area contributed by atoms with E-state index in [1.54, 1.807) is 18.2 Å². The van der Waals surface area contributed by atoms with Crippen molar-refractivity contribution < 1.29 is 23.7 Å². The molecule has 0 aliphatic carbocycles. The summed E-state index contributed by atoms with van der Waals surface area (Å²) in [6, 6.07) is 17.6. The second kappa shape index (κ2) is 13.6. The van der Waals surface area contributed by atoms with E-state index in [1.165, 1.54) is 29.2 Å². The third kappa shape index (κ3) is 6.56. The van der Waals surface area contributed by atoms with Gasteiger partial charge in [-0.25, -0.2) is 9.79 Å². The molecule has 0 bridgehead atoms. The number of hydrogen-bond acceptors (Lipinski definition) is 8. The van der Waals surface area contributed by atoms with E-state index >= 15 is 0 Å². The molecule has 1 aliphatic heterocycles. The Bertz CT molecular complexity index is 1880. The number of carbonyl (C=O) groups excluding carboxylic acids is 1. The molecular weight excluding hydrogens is 656 g/mol. The van der Waals surface area contributed by atoms with Gasteiger partial charge in [-0.15, -0.1) is 0 Å². The Hall–Kier alpha value is -3.86. The molecule has 1 aliphatic rings. The van der Waals surface area contributed by atoms with Crippen LogP contribution in [0.4, 0.5) is 0 Å². The van der Waals surface area contributed by atoms with Gasteiger partial charge >= 0.3 is 5.97 Å². The topological polar surface area (TPSA) is 88.4 Å². The van der Waals surface area contributed by atoms with Crippen LogP contribution in [0.25, 0.3) is 6.08 Å². The minimum atomic E-state index is -0.792. The van der Waals surface area contributed by atoms with Gasteiger partial charge in [-0.2, -0.15) is 0 Å². The lowest BCUT2D eigenvalue weighted by Gasteiger charge is -2.23. The normalized spacial score (nSPS) is 14.4. The van der Waals surface area contributed by atoms with Crippen molar-refractivity contribution in [2.75, 3.05) is 20.3 Å². The molecule has 0 fully saturated rings. The summed E-state index contributed by atoms with van der Waals surface area (Å²) >= 11 is 11.1. The first-order valence-corrected chi connectivity index (χ1v) is 15.5. The van der Waals surface area contributed by atoms with Crippen molar-refractivity contribution in [1.82, 2.24) is 4.57 Å². The van der Waals surface area contributed by atoms with Crippen molar-refractivity contribution in [3.63, 3.8) is 0 Å². The number of hydrogen-bond donors (Lipinski definition) is 0. The number of esters is 1. The SMILES string of the molecule is CCOc1ccc([C@H]2C(C(=O)OC)=CN=c3s/c(=C\c4cc(Br)ccc4OCc4ccccc4Cl)c(=O)n32)cc1OCC. The first-order valence-electron chi connectivity index (χ1n) is 13.5. The number of halogens is 2. The van der Waals surface area contributed by atoms with Gasteiger partial charge in [-0.1, -0.05) is 63.1 Å². The zero-order chi connectivity index (χ0) is 30.5. The van der Waals surface area contributed by atoms with Gasteiger partial charge in [0.2, 0.25) is 0 Å². The Labute approximate surface area is 265 Å². The molecule has 4 aromatic rings. The van der Waals surface area contributed by atoms with Gasteiger partial charge in [-0.3, -0.25) is 9.36 Å². The highest BCUT2D eigenvalue weighted by Gasteiger charge is 2.31. The van der Waals surface area contributed by atoms with E-state index in [9.17, 15) is 9.59 Å². The Morgan fingerprint density at radius 3 is 2.51 bits per heavy atom. The van der Waals surface area contributed by atoms with Crippen LogP contribution in [0.2, 0.25) is 5.02 Å². The van der Waals surface area contributed by atoms with Gasteiger partial charge in [-0.05, 0) is 61.9 Å². The van der Waals surface area contributed by atoms with Crippen LogP contribution in [0.1, 0.15) is 36.6 Å². The van der Waals surface area contributed by atoms with E-state index in [4.69, 9.17) is 30.5 Å². The summed E-state index contributed by atoms with van der Waals surface area (Å²) in [7, 11) is 1.30. The van der Waals surface area contributed by atoms with Crippen molar-refractivity contribution in [2.24, 2.45) is 4.99 Å². The number of fused-ring (bicyclic) bond motifs is 1. The van der Waals surface area contributed by atoms with Crippen molar-refractivity contribution in [3.05, 3.63) is 118 Å². The zero-order valence-electron chi connectivity index (χ0n) is 23.6. The molecule has 0 unspecified atom stereocenters. The third-order valence-corrected chi connectivity index (χ3v) is 8.47. The van der Waals surface area contributed by atoms with Crippen molar-refractivity contribution in [2.45, 2.75) is 26.5 Å². The Morgan fingerprint density at radius 2 is 1.77 bits per heavy atom. The van der Waals surface area contributed by atoms with Crippen molar-refractivity contribution in [3.8, 4) is 17.2 Å². The minimum Gasteiger partial charge on any atom is -0.490 e. The van der Waals surface area contributed by atoms with E-state index in [2.05, 4.69) is 20.9 Å². The van der Waals surface area contributed by atoms with Crippen molar-refractivity contribution >= 4 is 50.9 Å². The Balaban J connectivity index is 1.61. The van der Waals surface area contributed by atoms with Crippen LogP contribution in [-0.4, -0.2) is 30.9 Å². The average molecular weight is 684 g/mol. The third-order valence-electron chi connectivity index (χ3n) is 6.61. The second-order valence-electron chi connectivity index (χ2n) is 9.31. The number of aromatic nitrogens is 1. The zero-order valence-corrected chi connectivity index (χ0v) is 26.8. The summed E-state index contributed by atoms with van der Waals surface area (Å²) < 4.78 is 25.5. The minimum absolute atomic E-state index is 0.222. The fourth-order valence-corrected chi connectivity index (χ4v) is 6.19. The fraction of sp³-hybridized carbons (Fsp3) is 0.219. The number of thiazole rings is 1. The monoisotopic (exact) mass is 682 g/mol. The van der Waals surface area contributed by atoms with Crippen LogP contribution < -0.4 is 29.1 Å². The van der Waals surface area contributed by atoms with Gasteiger partial charge in [0.05, 0.1) is 36.5 Å². The standard InChI is InChI=1S/C32H28BrClN2O6S/c1-4-40-26-12-10-19(15-27(26)41-5-2)29-23(31(38)39-3)17-35-32-36(29)30(37)28(43-32)16-21-14-22(33)11-13-25(21)42-18-20-8-6-7-9-24(20)34/h6-17,29H,4-5,18H2,1-3H3/b28-16-/t29-/m0/s1. The van der Waals surface area contributed by atoms with E-state index in [0.29, 0.717) is 55.9 Å². The molecule has 0 radical (unpaired) electrons. The Kier molecular flexibility index (Phi) is 9.69. The Morgan fingerprint density at radius 1 is 1.02 bits per heavy atom. The summed E-state index contributed by atoms with van der Waals surface area (Å²) in [4.78, 5) is 31.8. The lowest BCUT2D eigenvalue weighted by Crippen LogP contribution is -2.39. The second-order valence-corrected chi connectivity index (χ2v) is 11.6. The van der Waals surface area contributed by atoms with Crippen LogP contribution in [0.15, 0.2) is 86.7 Å². The van der Waals surface area contributed by atoms with Gasteiger partial charge in [0.1, 0.15) is 12.4 Å². The molecule has 3 aromatic carbocycles. The number of ether oxygens (including phenoxy) is 4. The molecule has 0 N–H and O–H groups in total. The smallest absolute Gasteiger partial charge is 0.337 e. The molecule has 1 aromatic heterocycles. The summed E-state index contributed by atoms with van der Waals surface area (Å²) in [6.45, 7) is 4.89. The quantitative estimate of drug-likeness (QED) is 0.196. The molecule has 1 atom stereocenters. The maximum absolute atomic E-state index is 14.0. The lowest BCUT2D eigenvalue weighted by atomic mass is 9.97. The largest absolute Gasteiger partial charge is 0.490 e. The number of methoxy groups -OCH3 is 1. The van der Waals surface area contributed by atoms with Crippen LogP contribution in [0, 0.1) is 0 Å². The molecule has 222 valence electrons. The first-order chi connectivity index (χ1) is 20.8. The van der Waals surface area contributed by atoms with Gasteiger partial charge in [0.25, 0.3) is 5.56 Å². The molecule has 0 amide bonds. The van der Waals surface area contributed by atoms with Crippen LogP contribution in [0.5, 0.6) is 17.2 Å². The predicted octanol–water partition coefficient (Wildman–Crippen LogP) is 5.81. The summed E-state index contributed by atoms with van der Waals surface area (Å²) in [5, 5.41) is 0.609. The highest BCUT2D eigenvalue weighted by atomic mass is 79.9. The van der Waals surface area contributed by atoms with Gasteiger partial charge in [0, 0.05) is 26.8 Å². The van der Waals surface area contributed by atoms with Crippen LogP contribution in [-0.2, 0) is 16.1 Å². The molecule has 0 spiro atoms. The highest BCUT2D eigenvalue weighted by Crippen LogP contribution is 2.35. The van der Waals surface area contributed by atoms with Crippen LogP contribution in [0.3, 0.4) is 0 Å². The number of rotatable bonds is 10. The number of benzene rings is 3. The molecule has 0 saturated carbocycles. The number of carbonyl (C=O) groups is 1. The fourth-order valence-electron chi connectivity index (χ4n) is 4.66. The van der Waals surface area contributed by atoms with E-state index in [0.717, 1.165) is 10.0 Å². The lowest BCUT2D eigenvalue weighted by molar-refractivity contribution is -0.136. The van der Waals surface area contributed by atoms with Crippen molar-refractivity contribution in [1.29, 1.82) is 0 Å². The van der Waals surface area contributed by atoms with Gasteiger partial charge in [0.15, 0.2) is 16.3 Å². The predicted molar refractivity (Wildman–Crippen MR) is 170 cm³/mol. The maximum Gasteiger partial charge on any atom is 0.337 e. The van der Waals surface area contributed by atoms with E-state index in [1.807, 2.05) is 62.4 Å². The summed E-state index contributed by atoms with van der Waals surface area (Å²) in [5.74, 6) is 1.08. The summed E-state index contributed by atoms with van der Waals surface area (Å²) in [6.07, 6.45) is 3.22. The van der Waals surface area contributed by atoms with E-state index < -0.39 is 12.0 Å². The van der Waals surface area contributed by atoms with E-state index in [-0.39, 0.29) is 17.7 Å². The maximum atomic E-state index is 14.0. The number of nitrogens with zero attached hydrogens (tertiary/aromatic N) is 2. The molecule has 2 heterocycles. The average Bonchev–Trinajstić information content (AvgIpc) is 3.32. The first kappa shape index (κ1) is 30.6.